The van der Waals surface area contributed by atoms with Gasteiger partial charge in [-0.05, 0) is 30.0 Å². The van der Waals surface area contributed by atoms with E-state index < -0.39 is 24.4 Å². The first-order valence-electron chi connectivity index (χ1n) is 7.75. The second-order valence-corrected chi connectivity index (χ2v) is 5.89. The van der Waals surface area contributed by atoms with Crippen molar-refractivity contribution in [2.45, 2.75) is 38.2 Å². The van der Waals surface area contributed by atoms with E-state index in [4.69, 9.17) is 0 Å². The van der Waals surface area contributed by atoms with Crippen LogP contribution in [-0.2, 0) is 22.4 Å². The smallest absolute Gasteiger partial charge is 0.438 e. The Morgan fingerprint density at radius 1 is 1.42 bits per heavy atom. The Bertz CT molecular complexity index is 675. The predicted molar refractivity (Wildman–Crippen MR) is 78.3 cm³/mol. The summed E-state index contributed by atoms with van der Waals surface area (Å²) in [5.74, 6) is -2.49. The van der Waals surface area contributed by atoms with Gasteiger partial charge in [-0.1, -0.05) is 19.1 Å². The van der Waals surface area contributed by atoms with Crippen LogP contribution in [0, 0.1) is 0 Å². The zero-order valence-corrected chi connectivity index (χ0v) is 13.0. The molecular formula is C16H17F3N2O3. The van der Waals surface area contributed by atoms with E-state index in [1.165, 1.54) is 4.90 Å². The summed E-state index contributed by atoms with van der Waals surface area (Å²) >= 11 is 0. The summed E-state index contributed by atoms with van der Waals surface area (Å²) < 4.78 is 42.0. The molecule has 2 aliphatic rings. The molecule has 2 atom stereocenters. The molecule has 130 valence electrons. The number of alkyl halides is 3. The van der Waals surface area contributed by atoms with E-state index in [1.807, 2.05) is 19.1 Å². The molecule has 1 unspecified atom stereocenters. The van der Waals surface area contributed by atoms with E-state index in [0.717, 1.165) is 17.5 Å². The molecular weight excluding hydrogens is 325 g/mol. The van der Waals surface area contributed by atoms with Crippen LogP contribution < -0.4 is 5.32 Å². The van der Waals surface area contributed by atoms with Crippen LogP contribution in [-0.4, -0.2) is 48.3 Å². The number of hydrogen-bond donors (Lipinski definition) is 1. The third kappa shape index (κ3) is 2.98. The highest BCUT2D eigenvalue weighted by Gasteiger charge is 2.46. The fraction of sp³-hybridized carbons (Fsp3) is 0.500. The van der Waals surface area contributed by atoms with Gasteiger partial charge in [-0.2, -0.15) is 13.2 Å². The number of benzene rings is 1. The number of fused-ring (bicyclic) bond motifs is 2. The number of esters is 1. The maximum Gasteiger partial charge on any atom is 0.490 e. The van der Waals surface area contributed by atoms with Gasteiger partial charge < -0.3 is 9.64 Å². The van der Waals surface area contributed by atoms with Gasteiger partial charge in [0.25, 0.3) is 5.91 Å². The quantitative estimate of drug-likeness (QED) is 0.831. The van der Waals surface area contributed by atoms with E-state index in [9.17, 15) is 22.8 Å². The summed E-state index contributed by atoms with van der Waals surface area (Å²) in [6, 6.07) is 4.88. The van der Waals surface area contributed by atoms with Gasteiger partial charge in [-0.3, -0.25) is 10.1 Å². The number of aryl methyl sites for hydroxylation is 1. The third-order valence-electron chi connectivity index (χ3n) is 4.41. The van der Waals surface area contributed by atoms with Crippen molar-refractivity contribution in [3.8, 4) is 0 Å². The van der Waals surface area contributed by atoms with Gasteiger partial charge >= 0.3 is 12.1 Å². The first kappa shape index (κ1) is 16.8. The SMILES string of the molecule is CCc1ccc2c(c1)C[C@@H]1C(OC(=O)C(F)(F)F)NCCN1C2=O. The maximum atomic E-state index is 12.6. The van der Waals surface area contributed by atoms with E-state index >= 15 is 0 Å². The number of nitrogens with zero attached hydrogens (tertiary/aromatic N) is 1. The van der Waals surface area contributed by atoms with Crippen molar-refractivity contribution >= 4 is 11.9 Å². The van der Waals surface area contributed by atoms with Gasteiger partial charge in [0, 0.05) is 18.7 Å². The molecule has 1 N–H and O–H groups in total. The lowest BCUT2D eigenvalue weighted by atomic mass is 9.89. The molecule has 0 saturated carbocycles. The van der Waals surface area contributed by atoms with Crippen LogP contribution >= 0.6 is 0 Å². The summed E-state index contributed by atoms with van der Waals surface area (Å²) in [6.07, 6.45) is -5.09. The van der Waals surface area contributed by atoms with Gasteiger partial charge in [-0.15, -0.1) is 0 Å². The number of carbonyl (C=O) groups is 2. The number of nitrogens with one attached hydrogen (secondary N) is 1. The van der Waals surface area contributed by atoms with Crippen molar-refractivity contribution in [2.24, 2.45) is 0 Å². The van der Waals surface area contributed by atoms with Crippen molar-refractivity contribution in [1.82, 2.24) is 10.2 Å². The Hall–Kier alpha value is -2.09. The minimum absolute atomic E-state index is 0.238. The highest BCUT2D eigenvalue weighted by molar-refractivity contribution is 5.97. The van der Waals surface area contributed by atoms with E-state index in [2.05, 4.69) is 10.1 Å². The van der Waals surface area contributed by atoms with Crippen molar-refractivity contribution in [1.29, 1.82) is 0 Å². The molecule has 1 fully saturated rings. The van der Waals surface area contributed by atoms with Crippen LogP contribution in [0.1, 0.15) is 28.4 Å². The Balaban J connectivity index is 1.87. The summed E-state index contributed by atoms with van der Waals surface area (Å²) in [5.41, 5.74) is 2.38. The lowest BCUT2D eigenvalue weighted by Crippen LogP contribution is -2.63. The average Bonchev–Trinajstić information content (AvgIpc) is 2.54. The summed E-state index contributed by atoms with van der Waals surface area (Å²) in [7, 11) is 0. The zero-order valence-electron chi connectivity index (χ0n) is 13.0. The molecule has 0 spiro atoms. The number of halogens is 3. The van der Waals surface area contributed by atoms with Gasteiger partial charge in [0.15, 0.2) is 6.23 Å². The number of hydrogen-bond acceptors (Lipinski definition) is 4. The molecule has 8 heteroatoms. The zero-order chi connectivity index (χ0) is 17.5. The van der Waals surface area contributed by atoms with Crippen LogP contribution in [0.2, 0.25) is 0 Å². The molecule has 24 heavy (non-hydrogen) atoms. The number of piperazine rings is 1. The Morgan fingerprint density at radius 3 is 2.83 bits per heavy atom. The predicted octanol–water partition coefficient (Wildman–Crippen LogP) is 1.65. The molecule has 2 heterocycles. The topological polar surface area (TPSA) is 58.6 Å². The van der Waals surface area contributed by atoms with Crippen LogP contribution in [0.25, 0.3) is 0 Å². The summed E-state index contributed by atoms with van der Waals surface area (Å²) in [6.45, 7) is 2.60. The lowest BCUT2D eigenvalue weighted by Gasteiger charge is -2.44. The summed E-state index contributed by atoms with van der Waals surface area (Å²) in [5, 5.41) is 2.76. The van der Waals surface area contributed by atoms with Crippen molar-refractivity contribution < 1.29 is 27.5 Å². The molecule has 0 radical (unpaired) electrons. The van der Waals surface area contributed by atoms with Crippen molar-refractivity contribution in [3.05, 3.63) is 34.9 Å². The Labute approximate surface area is 136 Å². The van der Waals surface area contributed by atoms with Gasteiger partial charge in [0.05, 0.1) is 6.04 Å². The van der Waals surface area contributed by atoms with Gasteiger partial charge in [0.1, 0.15) is 0 Å². The maximum absolute atomic E-state index is 12.6. The molecule has 1 aromatic carbocycles. The number of amides is 1. The number of rotatable bonds is 2. The van der Waals surface area contributed by atoms with Crippen LogP contribution in [0.15, 0.2) is 18.2 Å². The minimum atomic E-state index is -5.06. The molecule has 0 bridgehead atoms. The van der Waals surface area contributed by atoms with Crippen LogP contribution in [0.4, 0.5) is 13.2 Å². The molecule has 1 saturated heterocycles. The Morgan fingerprint density at radius 2 is 2.17 bits per heavy atom. The first-order chi connectivity index (χ1) is 11.3. The first-order valence-corrected chi connectivity index (χ1v) is 7.75. The van der Waals surface area contributed by atoms with E-state index in [-0.39, 0.29) is 12.5 Å². The molecule has 1 amide bonds. The molecule has 3 rings (SSSR count). The second kappa shape index (κ2) is 6.08. The number of carbonyl (C=O) groups excluding carboxylic acids is 2. The largest absolute Gasteiger partial charge is 0.490 e. The van der Waals surface area contributed by atoms with Crippen LogP contribution in [0.3, 0.4) is 0 Å². The molecule has 0 aliphatic carbocycles. The van der Waals surface area contributed by atoms with Crippen LogP contribution in [0.5, 0.6) is 0 Å². The van der Waals surface area contributed by atoms with E-state index in [1.54, 1.807) is 6.07 Å². The fourth-order valence-electron chi connectivity index (χ4n) is 3.19. The monoisotopic (exact) mass is 342 g/mol. The molecule has 0 aromatic heterocycles. The fourth-order valence-corrected chi connectivity index (χ4v) is 3.19. The molecule has 2 aliphatic heterocycles. The lowest BCUT2D eigenvalue weighted by molar-refractivity contribution is -0.210. The molecule has 1 aromatic rings. The average molecular weight is 342 g/mol. The Kier molecular flexibility index (Phi) is 4.25. The van der Waals surface area contributed by atoms with Crippen molar-refractivity contribution in [2.75, 3.05) is 13.1 Å². The highest BCUT2D eigenvalue weighted by Crippen LogP contribution is 2.29. The van der Waals surface area contributed by atoms with Gasteiger partial charge in [-0.25, -0.2) is 4.79 Å². The number of ether oxygens (including phenoxy) is 1. The highest BCUT2D eigenvalue weighted by atomic mass is 19.4. The summed E-state index contributed by atoms with van der Waals surface area (Å²) in [4.78, 5) is 25.2. The normalized spacial score (nSPS) is 23.5. The van der Waals surface area contributed by atoms with E-state index in [0.29, 0.717) is 18.5 Å². The standard InChI is InChI=1S/C16H17F3N2O3/c1-2-9-3-4-11-10(7-9)8-12-13(24-15(23)16(17,18)19)20-5-6-21(12)14(11)22/h3-4,7,12-13,20H,2,5-6,8H2,1H3/t12-,13?/m1/s1. The second-order valence-electron chi connectivity index (χ2n) is 5.89. The van der Waals surface area contributed by atoms with Crippen molar-refractivity contribution in [3.63, 3.8) is 0 Å². The van der Waals surface area contributed by atoms with Gasteiger partial charge in [0.2, 0.25) is 0 Å². The third-order valence-corrected chi connectivity index (χ3v) is 4.41. The minimum Gasteiger partial charge on any atom is -0.438 e. The molecule has 5 nitrogen and oxygen atoms in total.